The van der Waals surface area contributed by atoms with Gasteiger partial charge in [0.15, 0.2) is 6.17 Å². The lowest BCUT2D eigenvalue weighted by Crippen LogP contribution is -1.90. The highest BCUT2D eigenvalue weighted by Crippen LogP contribution is 2.44. The van der Waals surface area contributed by atoms with E-state index in [0.29, 0.717) is 0 Å². The lowest BCUT2D eigenvalue weighted by molar-refractivity contribution is 0.0870. The molecule has 9 heavy (non-hydrogen) atoms. The summed E-state index contributed by atoms with van der Waals surface area (Å²) in [5.74, 6) is -2.96. The van der Waals surface area contributed by atoms with E-state index in [0.717, 1.165) is 0 Å². The van der Waals surface area contributed by atoms with Crippen molar-refractivity contribution in [3.05, 3.63) is 0 Å². The minimum Gasteiger partial charge on any atom is -0.415 e. The quantitative estimate of drug-likeness (QED) is 0.461. The largest absolute Gasteiger partial charge is 0.415 e. The Labute approximate surface area is 52.4 Å². The first-order valence-corrected chi connectivity index (χ1v) is 3.54. The van der Waals surface area contributed by atoms with Crippen LogP contribution in [-0.2, 0) is 0 Å². The zero-order valence-corrected chi connectivity index (χ0v) is 5.93. The minimum absolute atomic E-state index is 0.562. The van der Waals surface area contributed by atoms with E-state index >= 15 is 0 Å². The predicted octanol–water partition coefficient (Wildman–Crippen LogP) is -0.667. The molecule has 0 aromatic carbocycles. The van der Waals surface area contributed by atoms with Crippen LogP contribution in [0.3, 0.4) is 0 Å². The van der Waals surface area contributed by atoms with Crippen LogP contribution in [-0.4, -0.2) is 31.7 Å². The van der Waals surface area contributed by atoms with Crippen LogP contribution in [0.15, 0.2) is 0 Å². The molecule has 1 aliphatic carbocycles. The maximum Gasteiger partial charge on any atom is 0.299 e. The average molecular weight is 160 g/mol. The summed E-state index contributed by atoms with van der Waals surface area (Å²) in [7, 11) is -1.58. The zero-order valence-electron chi connectivity index (χ0n) is 4.52. The van der Waals surface area contributed by atoms with E-state index in [1.807, 2.05) is 0 Å². The highest BCUT2D eigenvalue weighted by molar-refractivity contribution is 6.13. The third-order valence-corrected chi connectivity index (χ3v) is 0.750. The van der Waals surface area contributed by atoms with Crippen molar-refractivity contribution in [1.29, 1.82) is 0 Å². The van der Waals surface area contributed by atoms with Crippen LogP contribution in [0.5, 0.6) is 0 Å². The van der Waals surface area contributed by atoms with E-state index in [9.17, 15) is 13.2 Å². The molecule has 0 radical (unpaired) electrons. The number of halogens is 3. The lowest BCUT2D eigenvalue weighted by atomic mass is 10.8. The second kappa shape index (κ2) is 3.19. The molecule has 0 aromatic rings. The molecule has 0 spiro atoms. The van der Waals surface area contributed by atoms with Crippen molar-refractivity contribution in [2.24, 2.45) is 0 Å². The average Bonchev–Trinajstić information content (AvgIpc) is 2.14. The molecule has 1 rings (SSSR count). The summed E-state index contributed by atoms with van der Waals surface area (Å²) in [6.45, 7) is 0. The van der Waals surface area contributed by atoms with Gasteiger partial charge in [-0.15, -0.1) is 0 Å². The highest BCUT2D eigenvalue weighted by atomic mass is 28.2. The van der Waals surface area contributed by atoms with Gasteiger partial charge in [-0.25, -0.2) is 13.2 Å². The molecule has 0 aliphatic heterocycles. The van der Waals surface area contributed by atoms with Crippen LogP contribution in [0.2, 0.25) is 0 Å². The summed E-state index contributed by atoms with van der Waals surface area (Å²) in [4.78, 5) is 14.5. The summed E-state index contributed by atoms with van der Waals surface area (Å²) in [6, 6.07) is 0. The van der Waals surface area contributed by atoms with Gasteiger partial charge in [-0.05, 0) is 0 Å². The van der Waals surface area contributed by atoms with Crippen molar-refractivity contribution in [2.45, 2.75) is 18.5 Å². The molecule has 2 nitrogen and oxygen atoms in total. The van der Waals surface area contributed by atoms with Gasteiger partial charge in [0.25, 0.3) is 15.9 Å². The van der Waals surface area contributed by atoms with Gasteiger partial charge in [0.2, 0.25) is 0 Å². The summed E-state index contributed by atoms with van der Waals surface area (Å²) in [5.41, 5.74) is 0. The van der Waals surface area contributed by atoms with E-state index in [1.165, 1.54) is 0 Å². The third kappa shape index (κ3) is 3.49. The molecule has 1 unspecified atom stereocenters. The number of alkyl halides is 3. The molecule has 0 saturated heterocycles. The Morgan fingerprint density at radius 2 is 1.56 bits per heavy atom. The summed E-state index contributed by atoms with van der Waals surface area (Å²) in [6.07, 6.45) is -2.40. The van der Waals surface area contributed by atoms with Crippen molar-refractivity contribution in [3.8, 4) is 0 Å². The molecule has 56 valence electrons. The van der Waals surface area contributed by atoms with E-state index in [4.69, 9.17) is 9.59 Å². The molecule has 1 atom stereocenters. The molecule has 0 bridgehead atoms. The first kappa shape index (κ1) is 8.93. The first-order chi connectivity index (χ1) is 4.04. The van der Waals surface area contributed by atoms with Gasteiger partial charge in [-0.2, -0.15) is 0 Å². The SMILES string of the molecule is FC1CC1(F)F.O[SiH2]O. The Morgan fingerprint density at radius 3 is 1.56 bits per heavy atom. The van der Waals surface area contributed by atoms with E-state index < -0.39 is 28.5 Å². The van der Waals surface area contributed by atoms with Crippen molar-refractivity contribution >= 4 is 10.0 Å². The van der Waals surface area contributed by atoms with Gasteiger partial charge in [0, 0.05) is 0 Å². The fourth-order valence-electron chi connectivity index (χ4n) is 0.180. The monoisotopic (exact) mass is 160 g/mol. The minimum atomic E-state index is -2.96. The maximum atomic E-state index is 11.2. The molecular weight excluding hydrogens is 153 g/mol. The molecule has 1 aliphatic rings. The summed E-state index contributed by atoms with van der Waals surface area (Å²) in [5, 5.41) is 0. The van der Waals surface area contributed by atoms with Crippen LogP contribution in [0.1, 0.15) is 6.42 Å². The van der Waals surface area contributed by atoms with Gasteiger partial charge in [0.1, 0.15) is 0 Å². The molecule has 1 fully saturated rings. The summed E-state index contributed by atoms with van der Waals surface area (Å²) >= 11 is 0. The Morgan fingerprint density at radius 1 is 1.44 bits per heavy atom. The summed E-state index contributed by atoms with van der Waals surface area (Å²) < 4.78 is 33.4. The van der Waals surface area contributed by atoms with Gasteiger partial charge in [0.05, 0.1) is 6.42 Å². The number of rotatable bonds is 0. The molecule has 0 amide bonds. The van der Waals surface area contributed by atoms with Gasteiger partial charge in [-0.3, -0.25) is 0 Å². The molecule has 6 heteroatoms. The third-order valence-electron chi connectivity index (χ3n) is 0.750. The van der Waals surface area contributed by atoms with E-state index in [2.05, 4.69) is 0 Å². The Balaban J connectivity index is 0.000000187. The van der Waals surface area contributed by atoms with E-state index in [1.54, 1.807) is 0 Å². The van der Waals surface area contributed by atoms with Crippen LogP contribution in [0, 0.1) is 0 Å². The fraction of sp³-hybridized carbons (Fsp3) is 1.00. The zero-order chi connectivity index (χ0) is 7.49. The van der Waals surface area contributed by atoms with Crippen LogP contribution < -0.4 is 0 Å². The molecular formula is C3H7F3O2Si. The molecule has 1 saturated carbocycles. The predicted molar refractivity (Wildman–Crippen MR) is 27.4 cm³/mol. The van der Waals surface area contributed by atoms with Crippen molar-refractivity contribution in [3.63, 3.8) is 0 Å². The van der Waals surface area contributed by atoms with Crippen LogP contribution in [0.25, 0.3) is 0 Å². The van der Waals surface area contributed by atoms with Crippen LogP contribution >= 0.6 is 0 Å². The fourth-order valence-corrected chi connectivity index (χ4v) is 0.180. The second-order valence-electron chi connectivity index (χ2n) is 1.57. The molecule has 0 heterocycles. The van der Waals surface area contributed by atoms with E-state index in [-0.39, 0.29) is 0 Å². The van der Waals surface area contributed by atoms with Crippen molar-refractivity contribution < 1.29 is 22.8 Å². The smallest absolute Gasteiger partial charge is 0.299 e. The molecule has 0 aromatic heterocycles. The number of hydrogen-bond donors (Lipinski definition) is 2. The van der Waals surface area contributed by atoms with Crippen LogP contribution in [0.4, 0.5) is 13.2 Å². The van der Waals surface area contributed by atoms with Gasteiger partial charge in [-0.1, -0.05) is 0 Å². The van der Waals surface area contributed by atoms with Crippen molar-refractivity contribution in [2.75, 3.05) is 0 Å². The Hall–Kier alpha value is -0.0731. The maximum absolute atomic E-state index is 11.2. The second-order valence-corrected chi connectivity index (χ2v) is 1.86. The van der Waals surface area contributed by atoms with Gasteiger partial charge < -0.3 is 9.59 Å². The van der Waals surface area contributed by atoms with Gasteiger partial charge >= 0.3 is 0 Å². The molecule has 2 N–H and O–H groups in total. The first-order valence-electron chi connectivity index (χ1n) is 2.28. The highest BCUT2D eigenvalue weighted by Gasteiger charge is 2.58. The Bertz CT molecular complexity index is 89.1. The lowest BCUT2D eigenvalue weighted by Gasteiger charge is -1.79. The standard InChI is InChI=1S/C3H3F3.H4O2Si/c4-2-1-3(2,5)6;1-3-2/h2H,1H2;1-2H,3H2. The number of hydrogen-bond acceptors (Lipinski definition) is 2. The Kier molecular flexibility index (Phi) is 3.16. The van der Waals surface area contributed by atoms with Crippen molar-refractivity contribution in [1.82, 2.24) is 0 Å². The topological polar surface area (TPSA) is 40.5 Å². The normalized spacial score (nSPS) is 28.3.